The molecule has 1 fully saturated rings. The molecule has 7 heteroatoms. The maximum Gasteiger partial charge on any atom is 0.189 e. The summed E-state index contributed by atoms with van der Waals surface area (Å²) in [6.45, 7) is 0.546. The number of aliphatic hydroxyl groups is 1. The molecular weight excluding hydrogens is 333 g/mol. The summed E-state index contributed by atoms with van der Waals surface area (Å²) in [4.78, 5) is 1.66. The maximum absolute atomic E-state index is 15.0. The number of nitrogens with two attached hydrogens (primary N) is 1. The van der Waals surface area contributed by atoms with Gasteiger partial charge in [-0.1, -0.05) is 6.07 Å². The Kier molecular flexibility index (Phi) is 5.15. The Balaban J connectivity index is 2.00. The summed E-state index contributed by atoms with van der Waals surface area (Å²) in [5.74, 6) is -2.26. The highest BCUT2D eigenvalue weighted by Crippen LogP contribution is 2.37. The van der Waals surface area contributed by atoms with Crippen LogP contribution >= 0.6 is 0 Å². The first-order valence-corrected chi connectivity index (χ1v) is 8.07. The third-order valence-electron chi connectivity index (χ3n) is 4.28. The number of hydrogen-bond acceptors (Lipinski definition) is 4. The largest absolute Gasteiger partial charge is 0.454 e. The Labute approximate surface area is 143 Å². The highest BCUT2D eigenvalue weighted by Gasteiger charge is 2.26. The van der Waals surface area contributed by atoms with Crippen LogP contribution in [0.5, 0.6) is 11.5 Å². The number of benzene rings is 2. The van der Waals surface area contributed by atoms with Gasteiger partial charge in [0.15, 0.2) is 11.6 Å². The zero-order chi connectivity index (χ0) is 18.0. The zero-order valence-electron chi connectivity index (χ0n) is 13.5. The summed E-state index contributed by atoms with van der Waals surface area (Å²) in [5, 5.41) is 9.58. The average molecular weight is 352 g/mol. The Hall–Kier alpha value is -2.25. The maximum atomic E-state index is 15.0. The van der Waals surface area contributed by atoms with Gasteiger partial charge in [0.2, 0.25) is 0 Å². The van der Waals surface area contributed by atoms with Crippen molar-refractivity contribution in [2.75, 3.05) is 18.0 Å². The van der Waals surface area contributed by atoms with Crippen molar-refractivity contribution in [1.82, 2.24) is 0 Å². The van der Waals surface area contributed by atoms with E-state index in [1.54, 1.807) is 4.90 Å². The highest BCUT2D eigenvalue weighted by atomic mass is 19.1. The number of anilines is 1. The summed E-state index contributed by atoms with van der Waals surface area (Å²) >= 11 is 0. The lowest BCUT2D eigenvalue weighted by molar-refractivity contribution is 0.145. The Morgan fingerprint density at radius 1 is 1.16 bits per heavy atom. The average Bonchev–Trinajstić information content (AvgIpc) is 2.59. The van der Waals surface area contributed by atoms with Crippen LogP contribution in [0.2, 0.25) is 0 Å². The standard InChI is InChI=1S/C18H19F3N2O2/c19-11-2-1-3-13(8-11)25-18-14(10-22)15(20)9-16(17(18)21)23-6-4-12(24)5-7-23/h1-3,8-9,12,24H,4-7,10,22H2. The fraction of sp³-hybridized carbons (Fsp3) is 0.333. The van der Waals surface area contributed by atoms with Crippen LogP contribution in [-0.4, -0.2) is 24.3 Å². The Morgan fingerprint density at radius 2 is 1.88 bits per heavy atom. The smallest absolute Gasteiger partial charge is 0.189 e. The topological polar surface area (TPSA) is 58.7 Å². The Morgan fingerprint density at radius 3 is 2.52 bits per heavy atom. The second kappa shape index (κ2) is 7.33. The molecule has 2 aromatic rings. The SMILES string of the molecule is NCc1c(F)cc(N2CCC(O)CC2)c(F)c1Oc1cccc(F)c1. The third-order valence-corrected chi connectivity index (χ3v) is 4.28. The molecular formula is C18H19F3N2O2. The van der Waals surface area contributed by atoms with Gasteiger partial charge in [0.05, 0.1) is 11.8 Å². The molecule has 25 heavy (non-hydrogen) atoms. The van der Waals surface area contributed by atoms with E-state index in [1.807, 2.05) is 0 Å². The summed E-state index contributed by atoms with van der Waals surface area (Å²) < 4.78 is 48.2. The molecule has 3 N–H and O–H groups in total. The molecule has 1 saturated heterocycles. The fourth-order valence-electron chi connectivity index (χ4n) is 2.91. The van der Waals surface area contributed by atoms with E-state index in [-0.39, 0.29) is 29.3 Å². The van der Waals surface area contributed by atoms with Crippen LogP contribution in [0.1, 0.15) is 18.4 Å². The lowest BCUT2D eigenvalue weighted by Gasteiger charge is -2.32. The predicted molar refractivity (Wildman–Crippen MR) is 88.2 cm³/mol. The number of ether oxygens (including phenoxy) is 1. The van der Waals surface area contributed by atoms with Crippen LogP contribution in [0, 0.1) is 17.5 Å². The Bertz CT molecular complexity index is 762. The van der Waals surface area contributed by atoms with Gasteiger partial charge in [0, 0.05) is 37.3 Å². The van der Waals surface area contributed by atoms with Gasteiger partial charge in [0.25, 0.3) is 0 Å². The van der Waals surface area contributed by atoms with E-state index in [1.165, 1.54) is 18.2 Å². The fourth-order valence-corrected chi connectivity index (χ4v) is 2.91. The van der Waals surface area contributed by atoms with E-state index >= 15 is 4.39 Å². The van der Waals surface area contributed by atoms with Gasteiger partial charge in [-0.3, -0.25) is 0 Å². The van der Waals surface area contributed by atoms with Crippen LogP contribution in [0.15, 0.2) is 30.3 Å². The van der Waals surface area contributed by atoms with Gasteiger partial charge in [0.1, 0.15) is 17.4 Å². The molecule has 0 amide bonds. The van der Waals surface area contributed by atoms with Crippen LogP contribution in [0.4, 0.5) is 18.9 Å². The number of rotatable bonds is 4. The number of halogens is 3. The predicted octanol–water partition coefficient (Wildman–Crippen LogP) is 3.32. The minimum absolute atomic E-state index is 0.0491. The van der Waals surface area contributed by atoms with Crippen molar-refractivity contribution in [3.63, 3.8) is 0 Å². The van der Waals surface area contributed by atoms with Gasteiger partial charge < -0.3 is 20.5 Å². The van der Waals surface area contributed by atoms with E-state index in [2.05, 4.69) is 0 Å². The molecule has 4 nitrogen and oxygen atoms in total. The summed E-state index contributed by atoms with van der Waals surface area (Å²) in [6, 6.07) is 6.26. The van der Waals surface area contributed by atoms with Crippen molar-refractivity contribution in [2.24, 2.45) is 5.73 Å². The van der Waals surface area contributed by atoms with Crippen molar-refractivity contribution >= 4 is 5.69 Å². The van der Waals surface area contributed by atoms with Crippen LogP contribution in [0.25, 0.3) is 0 Å². The first-order chi connectivity index (χ1) is 12.0. The lowest BCUT2D eigenvalue weighted by atomic mass is 10.1. The molecule has 0 bridgehead atoms. The molecule has 0 unspecified atom stereocenters. The van der Waals surface area contributed by atoms with Crippen molar-refractivity contribution in [3.8, 4) is 11.5 Å². The number of nitrogens with zero attached hydrogens (tertiary/aromatic N) is 1. The van der Waals surface area contributed by atoms with Crippen molar-refractivity contribution in [3.05, 3.63) is 53.3 Å². The first kappa shape index (κ1) is 17.6. The molecule has 0 aromatic heterocycles. The number of hydrogen-bond donors (Lipinski definition) is 2. The highest BCUT2D eigenvalue weighted by molar-refractivity contribution is 5.57. The van der Waals surface area contributed by atoms with Crippen molar-refractivity contribution < 1.29 is 23.0 Å². The zero-order valence-corrected chi connectivity index (χ0v) is 13.5. The molecule has 3 rings (SSSR count). The monoisotopic (exact) mass is 352 g/mol. The minimum atomic E-state index is -0.748. The minimum Gasteiger partial charge on any atom is -0.454 e. The second-order valence-electron chi connectivity index (χ2n) is 5.98. The normalized spacial score (nSPS) is 15.5. The molecule has 1 heterocycles. The molecule has 1 aliphatic heterocycles. The summed E-state index contributed by atoms with van der Waals surface area (Å²) in [6.07, 6.45) is 0.509. The lowest BCUT2D eigenvalue weighted by Crippen LogP contribution is -2.36. The van der Waals surface area contributed by atoms with E-state index in [0.717, 1.165) is 12.1 Å². The number of piperidine rings is 1. The van der Waals surface area contributed by atoms with Crippen LogP contribution < -0.4 is 15.4 Å². The second-order valence-corrected chi connectivity index (χ2v) is 5.98. The third kappa shape index (κ3) is 3.72. The van der Waals surface area contributed by atoms with Gasteiger partial charge in [-0.05, 0) is 25.0 Å². The molecule has 0 saturated carbocycles. The molecule has 2 aromatic carbocycles. The molecule has 134 valence electrons. The van der Waals surface area contributed by atoms with Crippen LogP contribution in [-0.2, 0) is 6.54 Å². The van der Waals surface area contributed by atoms with Gasteiger partial charge in [-0.25, -0.2) is 13.2 Å². The van der Waals surface area contributed by atoms with E-state index < -0.39 is 23.6 Å². The van der Waals surface area contributed by atoms with Gasteiger partial charge >= 0.3 is 0 Å². The van der Waals surface area contributed by atoms with Crippen molar-refractivity contribution in [2.45, 2.75) is 25.5 Å². The molecule has 0 atom stereocenters. The number of aliphatic hydroxyl groups excluding tert-OH is 1. The van der Waals surface area contributed by atoms with E-state index in [4.69, 9.17) is 10.5 Å². The van der Waals surface area contributed by atoms with E-state index in [0.29, 0.717) is 25.9 Å². The first-order valence-electron chi connectivity index (χ1n) is 8.07. The molecule has 0 aliphatic carbocycles. The van der Waals surface area contributed by atoms with Gasteiger partial charge in [-0.2, -0.15) is 0 Å². The van der Waals surface area contributed by atoms with Crippen LogP contribution in [0.3, 0.4) is 0 Å². The van der Waals surface area contributed by atoms with E-state index in [9.17, 15) is 13.9 Å². The molecule has 0 spiro atoms. The summed E-state index contributed by atoms with van der Waals surface area (Å²) in [7, 11) is 0. The quantitative estimate of drug-likeness (QED) is 0.886. The molecule has 1 aliphatic rings. The van der Waals surface area contributed by atoms with Crippen molar-refractivity contribution in [1.29, 1.82) is 0 Å². The van der Waals surface area contributed by atoms with Gasteiger partial charge in [-0.15, -0.1) is 0 Å². The molecule has 0 radical (unpaired) electrons. The summed E-state index contributed by atoms with van der Waals surface area (Å²) in [5.41, 5.74) is 5.48.